The topological polar surface area (TPSA) is 87.9 Å². The molecule has 8 nitrogen and oxygen atoms in total. The number of furan rings is 1. The van der Waals surface area contributed by atoms with E-state index < -0.39 is 6.04 Å². The maximum atomic E-state index is 13.2. The normalized spacial score (nSPS) is 15.4. The Morgan fingerprint density at radius 1 is 1.15 bits per heavy atom. The molecule has 1 saturated heterocycles. The quantitative estimate of drug-likeness (QED) is 0.529. The molecule has 1 aliphatic heterocycles. The average Bonchev–Trinajstić information content (AvgIpc) is 3.55. The smallest absolute Gasteiger partial charge is 0.287 e. The van der Waals surface area contributed by atoms with Crippen LogP contribution in [0, 0.1) is 5.92 Å². The highest BCUT2D eigenvalue weighted by atomic mass is 32.1. The number of piperazine rings is 1. The molecular weight excluding hydrogens is 452 g/mol. The van der Waals surface area contributed by atoms with E-state index in [-0.39, 0.29) is 23.5 Å². The van der Waals surface area contributed by atoms with E-state index >= 15 is 0 Å². The third-order valence-electron chi connectivity index (χ3n) is 5.92. The van der Waals surface area contributed by atoms with Gasteiger partial charge in [-0.05, 0) is 42.3 Å². The number of hydrogen-bond acceptors (Lipinski definition) is 7. The Bertz CT molecular complexity index is 1090. The number of methoxy groups -OCH3 is 1. The zero-order valence-corrected chi connectivity index (χ0v) is 20.5. The van der Waals surface area contributed by atoms with Crippen LogP contribution in [0.1, 0.15) is 30.1 Å². The lowest BCUT2D eigenvalue weighted by Crippen LogP contribution is -2.56. The van der Waals surface area contributed by atoms with Crippen LogP contribution in [-0.4, -0.2) is 65.9 Å². The Labute approximate surface area is 203 Å². The Kier molecular flexibility index (Phi) is 7.64. The molecule has 1 aliphatic rings. The van der Waals surface area contributed by atoms with E-state index in [2.05, 4.69) is 15.6 Å². The predicted octanol–water partition coefficient (Wildman–Crippen LogP) is 3.51. The molecule has 0 saturated carbocycles. The molecule has 34 heavy (non-hydrogen) atoms. The van der Waals surface area contributed by atoms with E-state index in [0.717, 1.165) is 41.6 Å². The van der Waals surface area contributed by atoms with Crippen LogP contribution in [0.25, 0.3) is 10.6 Å². The van der Waals surface area contributed by atoms with E-state index in [1.807, 2.05) is 43.0 Å². The highest BCUT2D eigenvalue weighted by Gasteiger charge is 2.31. The summed E-state index contributed by atoms with van der Waals surface area (Å²) in [5, 5.41) is 5.92. The van der Waals surface area contributed by atoms with Crippen molar-refractivity contribution in [1.82, 2.24) is 20.1 Å². The monoisotopic (exact) mass is 482 g/mol. The zero-order chi connectivity index (χ0) is 24.1. The third kappa shape index (κ3) is 5.66. The molecule has 3 aromatic rings. The average molecular weight is 483 g/mol. The van der Waals surface area contributed by atoms with Crippen molar-refractivity contribution in [2.75, 3.05) is 33.3 Å². The highest BCUT2D eigenvalue weighted by molar-refractivity contribution is 7.13. The Morgan fingerprint density at radius 2 is 1.88 bits per heavy atom. The van der Waals surface area contributed by atoms with E-state index in [9.17, 15) is 9.59 Å². The maximum absolute atomic E-state index is 13.2. The van der Waals surface area contributed by atoms with Crippen LogP contribution in [0.2, 0.25) is 0 Å². The third-order valence-corrected chi connectivity index (χ3v) is 6.86. The lowest BCUT2D eigenvalue weighted by Gasteiger charge is -2.37. The van der Waals surface area contributed by atoms with Gasteiger partial charge >= 0.3 is 0 Å². The van der Waals surface area contributed by atoms with Gasteiger partial charge in [0.1, 0.15) is 16.8 Å². The van der Waals surface area contributed by atoms with Gasteiger partial charge in [-0.1, -0.05) is 13.8 Å². The van der Waals surface area contributed by atoms with Gasteiger partial charge in [0, 0.05) is 43.7 Å². The van der Waals surface area contributed by atoms with Gasteiger partial charge in [0.15, 0.2) is 5.76 Å². The van der Waals surface area contributed by atoms with Crippen LogP contribution in [0.15, 0.2) is 52.5 Å². The number of nitrogens with zero attached hydrogens (tertiary/aromatic N) is 3. The van der Waals surface area contributed by atoms with Crippen LogP contribution in [0.5, 0.6) is 5.75 Å². The Morgan fingerprint density at radius 3 is 2.50 bits per heavy atom. The predicted molar refractivity (Wildman–Crippen MR) is 131 cm³/mol. The number of thiazole rings is 1. The number of carbonyl (C=O) groups excluding carboxylic acids is 2. The van der Waals surface area contributed by atoms with Gasteiger partial charge in [-0.25, -0.2) is 4.98 Å². The molecule has 1 atom stereocenters. The molecular formula is C25H30N4O4S. The SMILES string of the molecule is COc1ccc(-c2nc(CN3CCN(C(=O)C(NC(=O)c4ccco4)C(C)C)CC3)cs2)cc1. The number of hydrogen-bond donors (Lipinski definition) is 1. The molecule has 1 N–H and O–H groups in total. The molecule has 2 aromatic heterocycles. The van der Waals surface area contributed by atoms with Crippen molar-refractivity contribution < 1.29 is 18.7 Å². The molecule has 4 rings (SSSR count). The van der Waals surface area contributed by atoms with E-state index in [1.54, 1.807) is 30.6 Å². The summed E-state index contributed by atoms with van der Waals surface area (Å²) >= 11 is 1.63. The molecule has 0 aliphatic carbocycles. The van der Waals surface area contributed by atoms with Crippen LogP contribution >= 0.6 is 11.3 Å². The van der Waals surface area contributed by atoms with E-state index in [0.29, 0.717) is 13.1 Å². The van der Waals surface area contributed by atoms with E-state index in [4.69, 9.17) is 14.1 Å². The lowest BCUT2D eigenvalue weighted by atomic mass is 10.0. The molecule has 0 radical (unpaired) electrons. The zero-order valence-electron chi connectivity index (χ0n) is 19.7. The maximum Gasteiger partial charge on any atom is 0.287 e. The molecule has 2 amide bonds. The fourth-order valence-corrected chi connectivity index (χ4v) is 4.75. The van der Waals surface area contributed by atoms with Crippen LogP contribution in [-0.2, 0) is 11.3 Å². The van der Waals surface area contributed by atoms with Crippen LogP contribution in [0.3, 0.4) is 0 Å². The molecule has 1 fully saturated rings. The Balaban J connectivity index is 1.30. The minimum absolute atomic E-state index is 0.0316. The van der Waals surface area contributed by atoms with Crippen molar-refractivity contribution in [1.29, 1.82) is 0 Å². The minimum atomic E-state index is -0.588. The van der Waals surface area contributed by atoms with Gasteiger partial charge in [-0.15, -0.1) is 11.3 Å². The molecule has 0 spiro atoms. The van der Waals surface area contributed by atoms with Crippen molar-refractivity contribution in [3.63, 3.8) is 0 Å². The molecule has 3 heterocycles. The van der Waals surface area contributed by atoms with Crippen molar-refractivity contribution in [3.8, 4) is 16.3 Å². The fraction of sp³-hybridized carbons (Fsp3) is 0.400. The second-order valence-corrected chi connectivity index (χ2v) is 9.50. The van der Waals surface area contributed by atoms with Crippen LogP contribution < -0.4 is 10.1 Å². The summed E-state index contributed by atoms with van der Waals surface area (Å²) in [5.74, 6) is 0.585. The van der Waals surface area contributed by atoms with Crippen molar-refractivity contribution in [3.05, 3.63) is 59.5 Å². The first kappa shape index (κ1) is 24.0. The van der Waals surface area contributed by atoms with Gasteiger partial charge < -0.3 is 19.4 Å². The standard InChI is InChI=1S/C25H30N4O4S/c1-17(2)22(27-23(30)21-5-4-14-33-21)25(31)29-12-10-28(11-13-29)15-19-16-34-24(26-19)18-6-8-20(32-3)9-7-18/h4-9,14,16-17,22H,10-13,15H2,1-3H3,(H,27,30). The second kappa shape index (κ2) is 10.8. The molecule has 0 bridgehead atoms. The highest BCUT2D eigenvalue weighted by Crippen LogP contribution is 2.26. The van der Waals surface area contributed by atoms with Crippen molar-refractivity contribution >= 4 is 23.2 Å². The fourth-order valence-electron chi connectivity index (χ4n) is 3.93. The summed E-state index contributed by atoms with van der Waals surface area (Å²) in [6.07, 6.45) is 1.45. The van der Waals surface area contributed by atoms with Crippen molar-refractivity contribution in [2.45, 2.75) is 26.4 Å². The Hall–Kier alpha value is -3.17. The number of aromatic nitrogens is 1. The van der Waals surface area contributed by atoms with Gasteiger partial charge in [0.2, 0.25) is 5.91 Å². The number of rotatable bonds is 8. The van der Waals surface area contributed by atoms with Crippen molar-refractivity contribution in [2.24, 2.45) is 5.92 Å². The summed E-state index contributed by atoms with van der Waals surface area (Å²) in [5.41, 5.74) is 2.10. The number of carbonyl (C=O) groups is 2. The van der Waals surface area contributed by atoms with Crippen LogP contribution in [0.4, 0.5) is 0 Å². The van der Waals surface area contributed by atoms with Gasteiger partial charge in [0.25, 0.3) is 5.91 Å². The van der Waals surface area contributed by atoms with Gasteiger partial charge in [0.05, 0.1) is 19.1 Å². The number of amides is 2. The molecule has 180 valence electrons. The summed E-state index contributed by atoms with van der Waals surface area (Å²) in [6.45, 7) is 7.38. The number of nitrogens with one attached hydrogen (secondary N) is 1. The lowest BCUT2D eigenvalue weighted by molar-refractivity contribution is -0.136. The molecule has 9 heteroatoms. The van der Waals surface area contributed by atoms with Gasteiger partial charge in [-0.3, -0.25) is 14.5 Å². The summed E-state index contributed by atoms with van der Waals surface area (Å²) < 4.78 is 10.4. The second-order valence-electron chi connectivity index (χ2n) is 8.65. The first-order valence-electron chi connectivity index (χ1n) is 11.4. The summed E-state index contributed by atoms with van der Waals surface area (Å²) in [6, 6.07) is 10.6. The largest absolute Gasteiger partial charge is 0.497 e. The first-order chi connectivity index (χ1) is 16.4. The molecule has 1 aromatic carbocycles. The molecule has 1 unspecified atom stereocenters. The van der Waals surface area contributed by atoms with Gasteiger partial charge in [-0.2, -0.15) is 0 Å². The first-order valence-corrected chi connectivity index (χ1v) is 12.3. The number of benzene rings is 1. The summed E-state index contributed by atoms with van der Waals surface area (Å²) in [7, 11) is 1.66. The number of ether oxygens (including phenoxy) is 1. The van der Waals surface area contributed by atoms with E-state index in [1.165, 1.54) is 6.26 Å². The minimum Gasteiger partial charge on any atom is -0.497 e. The summed E-state index contributed by atoms with van der Waals surface area (Å²) in [4.78, 5) is 34.5.